The van der Waals surface area contributed by atoms with Gasteiger partial charge in [-0.25, -0.2) is 4.79 Å². The fraction of sp³-hybridized carbons (Fsp3) is 0.500. The summed E-state index contributed by atoms with van der Waals surface area (Å²) < 4.78 is 10.7. The van der Waals surface area contributed by atoms with E-state index >= 15 is 0 Å². The third-order valence-corrected chi connectivity index (χ3v) is 2.54. The number of hydrogen-bond donors (Lipinski definition) is 1. The topological polar surface area (TPSA) is 55.8 Å². The zero-order chi connectivity index (χ0) is 13.5. The lowest BCUT2D eigenvalue weighted by Crippen LogP contribution is -2.28. The predicted octanol–water partition coefficient (Wildman–Crippen LogP) is 3.63. The molecule has 100 valence electrons. The van der Waals surface area contributed by atoms with Crippen LogP contribution in [0.25, 0.3) is 0 Å². The SMILES string of the molecule is CCC(OC(C)C)C(OC(=O)O)c1ccccc1. The molecule has 0 heterocycles. The maximum absolute atomic E-state index is 10.8. The fourth-order valence-corrected chi connectivity index (χ4v) is 1.84. The van der Waals surface area contributed by atoms with Crippen molar-refractivity contribution < 1.29 is 19.4 Å². The van der Waals surface area contributed by atoms with E-state index in [-0.39, 0.29) is 12.2 Å². The standard InChI is InChI=1S/C14H20O4/c1-4-12(17-10(2)3)13(18-14(15)16)11-8-6-5-7-9-11/h5-10,12-13H,4H2,1-3H3,(H,15,16). The predicted molar refractivity (Wildman–Crippen MR) is 68.6 cm³/mol. The molecule has 18 heavy (non-hydrogen) atoms. The van der Waals surface area contributed by atoms with Crippen LogP contribution in [-0.2, 0) is 9.47 Å². The van der Waals surface area contributed by atoms with E-state index < -0.39 is 12.3 Å². The number of benzene rings is 1. The quantitative estimate of drug-likeness (QED) is 0.785. The summed E-state index contributed by atoms with van der Waals surface area (Å²) >= 11 is 0. The normalized spacial score (nSPS) is 14.2. The van der Waals surface area contributed by atoms with Gasteiger partial charge in [-0.3, -0.25) is 0 Å². The summed E-state index contributed by atoms with van der Waals surface area (Å²) in [4.78, 5) is 10.8. The maximum atomic E-state index is 10.8. The van der Waals surface area contributed by atoms with Crippen LogP contribution in [-0.4, -0.2) is 23.5 Å². The molecule has 0 fully saturated rings. The maximum Gasteiger partial charge on any atom is 0.506 e. The van der Waals surface area contributed by atoms with Crippen LogP contribution in [0.5, 0.6) is 0 Å². The molecule has 0 aromatic heterocycles. The van der Waals surface area contributed by atoms with Crippen LogP contribution in [0.2, 0.25) is 0 Å². The molecule has 2 atom stereocenters. The van der Waals surface area contributed by atoms with Crippen molar-refractivity contribution >= 4 is 6.16 Å². The molecular weight excluding hydrogens is 232 g/mol. The number of carbonyl (C=O) groups is 1. The van der Waals surface area contributed by atoms with E-state index in [9.17, 15) is 4.79 Å². The third kappa shape index (κ3) is 4.37. The van der Waals surface area contributed by atoms with E-state index in [2.05, 4.69) is 0 Å². The highest BCUT2D eigenvalue weighted by atomic mass is 16.7. The Morgan fingerprint density at radius 3 is 2.33 bits per heavy atom. The lowest BCUT2D eigenvalue weighted by molar-refractivity contribution is -0.0810. The fourth-order valence-electron chi connectivity index (χ4n) is 1.84. The molecule has 0 aliphatic carbocycles. The third-order valence-electron chi connectivity index (χ3n) is 2.54. The van der Waals surface area contributed by atoms with Crippen molar-refractivity contribution in [2.45, 2.75) is 45.5 Å². The van der Waals surface area contributed by atoms with Gasteiger partial charge in [0.25, 0.3) is 0 Å². The van der Waals surface area contributed by atoms with Crippen molar-refractivity contribution in [3.05, 3.63) is 35.9 Å². The highest BCUT2D eigenvalue weighted by Crippen LogP contribution is 2.26. The summed E-state index contributed by atoms with van der Waals surface area (Å²) in [5.41, 5.74) is 0.812. The molecule has 0 aliphatic rings. The minimum Gasteiger partial charge on any atom is -0.450 e. The molecule has 0 aliphatic heterocycles. The molecule has 0 radical (unpaired) electrons. The van der Waals surface area contributed by atoms with Crippen molar-refractivity contribution in [1.82, 2.24) is 0 Å². The molecule has 0 amide bonds. The van der Waals surface area contributed by atoms with Gasteiger partial charge in [0.05, 0.1) is 12.2 Å². The summed E-state index contributed by atoms with van der Waals surface area (Å²) in [6.07, 6.45) is -1.43. The first kappa shape index (κ1) is 14.5. The van der Waals surface area contributed by atoms with Crippen LogP contribution in [0.3, 0.4) is 0 Å². The van der Waals surface area contributed by atoms with Gasteiger partial charge in [-0.15, -0.1) is 0 Å². The summed E-state index contributed by atoms with van der Waals surface area (Å²) in [5, 5.41) is 8.85. The summed E-state index contributed by atoms with van der Waals surface area (Å²) in [5.74, 6) is 0. The number of rotatable bonds is 6. The Morgan fingerprint density at radius 2 is 1.89 bits per heavy atom. The van der Waals surface area contributed by atoms with Gasteiger partial charge in [0.2, 0.25) is 0 Å². The Labute approximate surface area is 108 Å². The zero-order valence-electron chi connectivity index (χ0n) is 11.0. The Morgan fingerprint density at radius 1 is 1.28 bits per heavy atom. The average Bonchev–Trinajstić information content (AvgIpc) is 2.34. The van der Waals surface area contributed by atoms with Crippen LogP contribution >= 0.6 is 0 Å². The van der Waals surface area contributed by atoms with Gasteiger partial charge >= 0.3 is 6.16 Å². The highest BCUT2D eigenvalue weighted by molar-refractivity contribution is 5.57. The monoisotopic (exact) mass is 252 g/mol. The first-order chi connectivity index (χ1) is 8.54. The van der Waals surface area contributed by atoms with Gasteiger partial charge in [-0.05, 0) is 25.8 Å². The first-order valence-corrected chi connectivity index (χ1v) is 6.14. The van der Waals surface area contributed by atoms with Gasteiger partial charge in [-0.1, -0.05) is 37.3 Å². The van der Waals surface area contributed by atoms with Crippen molar-refractivity contribution in [2.75, 3.05) is 0 Å². The second kappa shape index (κ2) is 7.01. The lowest BCUT2D eigenvalue weighted by Gasteiger charge is -2.27. The Balaban J connectivity index is 2.92. The summed E-state index contributed by atoms with van der Waals surface area (Å²) in [7, 11) is 0. The molecule has 1 aromatic rings. The molecule has 0 spiro atoms. The van der Waals surface area contributed by atoms with Crippen LogP contribution < -0.4 is 0 Å². The Hall–Kier alpha value is -1.55. The second-order valence-corrected chi connectivity index (χ2v) is 4.35. The van der Waals surface area contributed by atoms with Crippen molar-refractivity contribution in [2.24, 2.45) is 0 Å². The Kier molecular flexibility index (Phi) is 5.65. The lowest BCUT2D eigenvalue weighted by atomic mass is 10.0. The van der Waals surface area contributed by atoms with E-state index in [1.807, 2.05) is 51.1 Å². The zero-order valence-corrected chi connectivity index (χ0v) is 11.0. The van der Waals surface area contributed by atoms with E-state index in [4.69, 9.17) is 14.6 Å². The molecule has 4 nitrogen and oxygen atoms in total. The molecule has 0 bridgehead atoms. The largest absolute Gasteiger partial charge is 0.506 e. The van der Waals surface area contributed by atoms with Gasteiger partial charge in [0.15, 0.2) is 6.10 Å². The molecule has 0 saturated carbocycles. The van der Waals surface area contributed by atoms with Crippen LogP contribution in [0.1, 0.15) is 38.9 Å². The molecule has 1 N–H and O–H groups in total. The van der Waals surface area contributed by atoms with E-state index in [0.29, 0.717) is 6.42 Å². The first-order valence-electron chi connectivity index (χ1n) is 6.14. The Bertz CT molecular complexity index is 361. The van der Waals surface area contributed by atoms with Crippen LogP contribution in [0, 0.1) is 0 Å². The number of hydrogen-bond acceptors (Lipinski definition) is 3. The van der Waals surface area contributed by atoms with Crippen LogP contribution in [0.15, 0.2) is 30.3 Å². The molecular formula is C14H20O4. The number of carboxylic acid groups (broad SMARTS) is 1. The van der Waals surface area contributed by atoms with Gasteiger partial charge < -0.3 is 14.6 Å². The highest BCUT2D eigenvalue weighted by Gasteiger charge is 2.27. The molecule has 2 unspecified atom stereocenters. The molecule has 1 aromatic carbocycles. The second-order valence-electron chi connectivity index (χ2n) is 4.35. The van der Waals surface area contributed by atoms with Gasteiger partial charge in [0, 0.05) is 0 Å². The van der Waals surface area contributed by atoms with Crippen molar-refractivity contribution in [3.8, 4) is 0 Å². The minimum atomic E-state index is -1.28. The van der Waals surface area contributed by atoms with Crippen molar-refractivity contribution in [1.29, 1.82) is 0 Å². The van der Waals surface area contributed by atoms with Crippen LogP contribution in [0.4, 0.5) is 4.79 Å². The summed E-state index contributed by atoms with van der Waals surface area (Å²) in [6.45, 7) is 5.80. The van der Waals surface area contributed by atoms with Gasteiger partial charge in [-0.2, -0.15) is 0 Å². The molecule has 0 saturated heterocycles. The van der Waals surface area contributed by atoms with E-state index in [1.54, 1.807) is 0 Å². The smallest absolute Gasteiger partial charge is 0.450 e. The number of ether oxygens (including phenoxy) is 2. The van der Waals surface area contributed by atoms with E-state index in [0.717, 1.165) is 5.56 Å². The minimum absolute atomic E-state index is 0.0264. The summed E-state index contributed by atoms with van der Waals surface area (Å²) in [6, 6.07) is 9.29. The average molecular weight is 252 g/mol. The molecule has 1 rings (SSSR count). The van der Waals surface area contributed by atoms with E-state index in [1.165, 1.54) is 0 Å². The molecule has 4 heteroatoms. The van der Waals surface area contributed by atoms with Gasteiger partial charge in [0.1, 0.15) is 0 Å². The van der Waals surface area contributed by atoms with Crippen molar-refractivity contribution in [3.63, 3.8) is 0 Å².